The first-order valence-electron chi connectivity index (χ1n) is 12.2. The van der Waals surface area contributed by atoms with Gasteiger partial charge in [0.1, 0.15) is 11.4 Å². The first-order valence-corrected chi connectivity index (χ1v) is 12.6. The van der Waals surface area contributed by atoms with E-state index in [1.165, 1.54) is 6.92 Å². The first kappa shape index (κ1) is 26.7. The van der Waals surface area contributed by atoms with Crippen molar-refractivity contribution < 1.29 is 27.4 Å². The van der Waals surface area contributed by atoms with Gasteiger partial charge in [0.25, 0.3) is 0 Å². The Morgan fingerprint density at radius 3 is 2.47 bits per heavy atom. The fraction of sp³-hybridized carbons (Fsp3) is 0.640. The van der Waals surface area contributed by atoms with Gasteiger partial charge in [-0.25, -0.2) is 4.79 Å². The summed E-state index contributed by atoms with van der Waals surface area (Å²) in [5.41, 5.74) is 1.07. The topological polar surface area (TPSA) is 69.5 Å². The quantitative estimate of drug-likeness (QED) is 0.450. The molecule has 7 nitrogen and oxygen atoms in total. The summed E-state index contributed by atoms with van der Waals surface area (Å²) in [5, 5.41) is 9.48. The van der Waals surface area contributed by atoms with Crippen LogP contribution >= 0.6 is 11.6 Å². The van der Waals surface area contributed by atoms with Crippen LogP contribution in [0.4, 0.5) is 18.0 Å². The van der Waals surface area contributed by atoms with Gasteiger partial charge in [-0.15, -0.1) is 10.2 Å². The summed E-state index contributed by atoms with van der Waals surface area (Å²) in [6, 6.07) is 5.53. The Balaban J connectivity index is 1.54. The second-order valence-corrected chi connectivity index (χ2v) is 11.1. The van der Waals surface area contributed by atoms with Crippen LogP contribution in [-0.2, 0) is 22.6 Å². The van der Waals surface area contributed by atoms with E-state index < -0.39 is 30.4 Å². The Hall–Kier alpha value is -2.33. The van der Waals surface area contributed by atoms with Gasteiger partial charge < -0.3 is 9.47 Å². The van der Waals surface area contributed by atoms with Crippen LogP contribution in [-0.4, -0.2) is 49.7 Å². The van der Waals surface area contributed by atoms with Crippen molar-refractivity contribution in [3.63, 3.8) is 0 Å². The highest BCUT2D eigenvalue weighted by Crippen LogP contribution is 2.37. The Kier molecular flexibility index (Phi) is 7.57. The van der Waals surface area contributed by atoms with Crippen LogP contribution in [0.3, 0.4) is 0 Å². The van der Waals surface area contributed by atoms with Gasteiger partial charge in [-0.1, -0.05) is 11.6 Å². The van der Waals surface area contributed by atoms with E-state index in [0.717, 1.165) is 29.9 Å². The summed E-state index contributed by atoms with van der Waals surface area (Å²) in [6.07, 6.45) is -3.97. The van der Waals surface area contributed by atoms with E-state index in [-0.39, 0.29) is 18.6 Å². The van der Waals surface area contributed by atoms with Crippen molar-refractivity contribution in [1.29, 1.82) is 0 Å². The third-order valence-corrected chi connectivity index (χ3v) is 6.60. The van der Waals surface area contributed by atoms with Gasteiger partial charge in [-0.3, -0.25) is 9.47 Å². The number of carbonyl (C=O) groups is 1. The largest absolute Gasteiger partial charge is 0.444 e. The summed E-state index contributed by atoms with van der Waals surface area (Å²) in [6.45, 7) is 7.46. The zero-order valence-corrected chi connectivity index (χ0v) is 21.7. The number of aromatic nitrogens is 3. The second kappa shape index (κ2) is 10.2. The number of ether oxygens (including phenoxy) is 2. The maximum atomic E-state index is 12.9. The molecule has 2 aliphatic rings. The number of benzene rings is 1. The fourth-order valence-electron chi connectivity index (χ4n) is 4.91. The minimum Gasteiger partial charge on any atom is -0.444 e. The van der Waals surface area contributed by atoms with Crippen molar-refractivity contribution >= 4 is 17.7 Å². The van der Waals surface area contributed by atoms with E-state index in [9.17, 15) is 18.0 Å². The standard InChI is InChI=1S/C25H32ClF3N4O3/c1-15(12-25(27,28)29)35-19-8-5-16(6-9-19)22-31-30-21-14-32(23(34)36-24(2,3)4)13-17-11-18(26)7-10-20(17)33(21)22/h7,10-11,15-16,19H,5-6,8-9,12-14H2,1-4H3/t15?,16-,19-. The molecule has 11 heteroatoms. The van der Waals surface area contributed by atoms with Gasteiger partial charge in [0.05, 0.1) is 37.4 Å². The van der Waals surface area contributed by atoms with E-state index in [4.69, 9.17) is 21.1 Å². The van der Waals surface area contributed by atoms with Crippen molar-refractivity contribution in [3.05, 3.63) is 40.4 Å². The molecule has 36 heavy (non-hydrogen) atoms. The van der Waals surface area contributed by atoms with Crippen LogP contribution in [0.15, 0.2) is 18.2 Å². The average Bonchev–Trinajstić information content (AvgIpc) is 3.07. The maximum absolute atomic E-state index is 12.9. The molecule has 2 aromatic rings. The molecule has 1 atom stereocenters. The Morgan fingerprint density at radius 1 is 1.14 bits per heavy atom. The van der Waals surface area contributed by atoms with Crippen molar-refractivity contribution in [2.45, 2.75) is 103 Å². The number of carbonyl (C=O) groups excluding carboxylic acids is 1. The smallest absolute Gasteiger partial charge is 0.411 e. The molecule has 0 spiro atoms. The van der Waals surface area contributed by atoms with Crippen LogP contribution in [0.5, 0.6) is 0 Å². The lowest BCUT2D eigenvalue weighted by Crippen LogP contribution is -2.35. The highest BCUT2D eigenvalue weighted by molar-refractivity contribution is 6.30. The van der Waals surface area contributed by atoms with Crippen molar-refractivity contribution in [3.8, 4) is 5.69 Å². The molecule has 0 N–H and O–H groups in total. The van der Waals surface area contributed by atoms with E-state index >= 15 is 0 Å². The van der Waals surface area contributed by atoms with Crippen LogP contribution in [0.2, 0.25) is 5.02 Å². The number of halogens is 4. The molecule has 1 aromatic heterocycles. The van der Waals surface area contributed by atoms with Crippen molar-refractivity contribution in [1.82, 2.24) is 19.7 Å². The summed E-state index contributed by atoms with van der Waals surface area (Å²) in [5.74, 6) is 1.47. The van der Waals surface area contributed by atoms with E-state index in [2.05, 4.69) is 10.2 Å². The molecule has 1 aliphatic heterocycles. The number of nitrogens with zero attached hydrogens (tertiary/aromatic N) is 4. The number of hydrogen-bond acceptors (Lipinski definition) is 5. The molecule has 0 saturated heterocycles. The predicted octanol–water partition coefficient (Wildman–Crippen LogP) is 6.56. The SMILES string of the molecule is CC(CC(F)(F)F)O[C@H]1CC[C@H](c2nnc3n2-c2ccc(Cl)cc2CN(C(=O)OC(C)(C)C)C3)CC1. The number of hydrogen-bond donors (Lipinski definition) is 0. The minimum absolute atomic E-state index is 0.0700. The molecule has 1 aliphatic carbocycles. The van der Waals surface area contributed by atoms with Gasteiger partial charge >= 0.3 is 12.3 Å². The summed E-state index contributed by atoms with van der Waals surface area (Å²) in [4.78, 5) is 14.5. The molecular formula is C25H32ClF3N4O3. The fourth-order valence-corrected chi connectivity index (χ4v) is 5.10. The highest BCUT2D eigenvalue weighted by atomic mass is 35.5. The second-order valence-electron chi connectivity index (χ2n) is 10.7. The summed E-state index contributed by atoms with van der Waals surface area (Å²) in [7, 11) is 0. The Labute approximate surface area is 213 Å². The first-order chi connectivity index (χ1) is 16.8. The lowest BCUT2D eigenvalue weighted by molar-refractivity contribution is -0.166. The van der Waals surface area contributed by atoms with E-state index in [1.54, 1.807) is 11.0 Å². The minimum atomic E-state index is -4.24. The molecule has 1 amide bonds. The number of amides is 1. The van der Waals surface area contributed by atoms with Crippen LogP contribution in [0.25, 0.3) is 5.69 Å². The van der Waals surface area contributed by atoms with Gasteiger partial charge in [0, 0.05) is 10.9 Å². The molecule has 2 heterocycles. The molecular weight excluding hydrogens is 497 g/mol. The summed E-state index contributed by atoms with van der Waals surface area (Å²) >= 11 is 6.29. The van der Waals surface area contributed by atoms with Gasteiger partial charge in [0.2, 0.25) is 0 Å². The number of alkyl halides is 3. The van der Waals surface area contributed by atoms with Crippen LogP contribution in [0, 0.1) is 0 Å². The number of fused-ring (bicyclic) bond motifs is 3. The lowest BCUT2D eigenvalue weighted by Gasteiger charge is -2.30. The molecule has 4 rings (SSSR count). The summed E-state index contributed by atoms with van der Waals surface area (Å²) < 4.78 is 51.3. The zero-order chi connectivity index (χ0) is 26.3. The molecule has 0 bridgehead atoms. The van der Waals surface area contributed by atoms with Crippen molar-refractivity contribution in [2.75, 3.05) is 0 Å². The number of rotatable bonds is 4. The third kappa shape index (κ3) is 6.51. The highest BCUT2D eigenvalue weighted by Gasteiger charge is 2.35. The molecule has 198 valence electrons. The van der Waals surface area contributed by atoms with E-state index in [0.29, 0.717) is 30.2 Å². The van der Waals surface area contributed by atoms with Crippen LogP contribution < -0.4 is 0 Å². The van der Waals surface area contributed by atoms with Crippen molar-refractivity contribution in [2.24, 2.45) is 0 Å². The molecule has 0 radical (unpaired) electrons. The normalized spacial score (nSPS) is 21.4. The van der Waals surface area contributed by atoms with Gasteiger partial charge in [-0.05, 0) is 77.1 Å². The lowest BCUT2D eigenvalue weighted by atomic mass is 9.86. The monoisotopic (exact) mass is 528 g/mol. The zero-order valence-electron chi connectivity index (χ0n) is 20.9. The predicted molar refractivity (Wildman–Crippen MR) is 128 cm³/mol. The van der Waals surface area contributed by atoms with Gasteiger partial charge in [0.15, 0.2) is 5.82 Å². The molecule has 1 aromatic carbocycles. The molecule has 1 fully saturated rings. The molecule has 1 saturated carbocycles. The Morgan fingerprint density at radius 2 is 1.83 bits per heavy atom. The average molecular weight is 529 g/mol. The van der Waals surface area contributed by atoms with Gasteiger partial charge in [-0.2, -0.15) is 13.2 Å². The Bertz CT molecular complexity index is 1090. The molecule has 1 unspecified atom stereocenters. The maximum Gasteiger partial charge on any atom is 0.411 e. The third-order valence-electron chi connectivity index (χ3n) is 6.37. The van der Waals surface area contributed by atoms with E-state index in [1.807, 2.05) is 37.5 Å². The van der Waals surface area contributed by atoms with Crippen LogP contribution in [0.1, 0.15) is 82.9 Å².